The van der Waals surface area contributed by atoms with Crippen LogP contribution < -0.4 is 16.0 Å². The minimum absolute atomic E-state index is 0.171. The summed E-state index contributed by atoms with van der Waals surface area (Å²) >= 11 is 0. The molecule has 0 unspecified atom stereocenters. The van der Waals surface area contributed by atoms with E-state index in [4.69, 9.17) is 5.11 Å². The van der Waals surface area contributed by atoms with Gasteiger partial charge in [-0.3, -0.25) is 4.79 Å². The highest BCUT2D eigenvalue weighted by atomic mass is 16.4. The lowest BCUT2D eigenvalue weighted by atomic mass is 9.96. The summed E-state index contributed by atoms with van der Waals surface area (Å²) in [5.74, 6) is -1.50. The predicted molar refractivity (Wildman–Crippen MR) is 87.0 cm³/mol. The van der Waals surface area contributed by atoms with E-state index in [1.165, 1.54) is 6.42 Å². The molecule has 0 heterocycles. The maximum atomic E-state index is 11.7. The van der Waals surface area contributed by atoms with Gasteiger partial charge in [-0.15, -0.1) is 0 Å². The summed E-state index contributed by atoms with van der Waals surface area (Å²) in [4.78, 5) is 34.4. The number of amides is 3. The molecule has 1 aliphatic carbocycles. The molecule has 0 aliphatic heterocycles. The molecular weight excluding hydrogens is 298 g/mol. The maximum absolute atomic E-state index is 11.7. The number of hydrogen-bond donors (Lipinski definition) is 4. The van der Waals surface area contributed by atoms with Crippen molar-refractivity contribution in [1.82, 2.24) is 16.0 Å². The second-order valence-corrected chi connectivity index (χ2v) is 6.47. The molecule has 1 atom stereocenters. The summed E-state index contributed by atoms with van der Waals surface area (Å²) in [5.41, 5.74) is 0. The van der Waals surface area contributed by atoms with Crippen LogP contribution in [0.25, 0.3) is 0 Å². The number of carbonyl (C=O) groups excluding carboxylic acids is 2. The highest BCUT2D eigenvalue weighted by molar-refractivity contribution is 5.83. The molecule has 1 saturated carbocycles. The van der Waals surface area contributed by atoms with Crippen molar-refractivity contribution in [3.63, 3.8) is 0 Å². The molecule has 0 spiro atoms. The number of nitrogens with one attached hydrogen (secondary N) is 3. The summed E-state index contributed by atoms with van der Waals surface area (Å²) < 4.78 is 0. The smallest absolute Gasteiger partial charge is 0.326 e. The van der Waals surface area contributed by atoms with E-state index in [1.807, 2.05) is 0 Å². The van der Waals surface area contributed by atoms with E-state index in [-0.39, 0.29) is 30.3 Å². The van der Waals surface area contributed by atoms with Gasteiger partial charge in [-0.25, -0.2) is 9.59 Å². The minimum atomic E-state index is -1.03. The molecule has 1 aliphatic rings. The Morgan fingerprint density at radius 1 is 1.13 bits per heavy atom. The third-order valence-electron chi connectivity index (χ3n) is 4.06. The Balaban J connectivity index is 2.14. The minimum Gasteiger partial charge on any atom is -0.480 e. The number of aliphatic carboxylic acids is 1. The van der Waals surface area contributed by atoms with Crippen molar-refractivity contribution in [2.75, 3.05) is 6.54 Å². The molecular formula is C16H29N3O4. The Labute approximate surface area is 137 Å². The van der Waals surface area contributed by atoms with Gasteiger partial charge in [0.15, 0.2) is 0 Å². The standard InChI is InChI=1S/C16H29N3O4/c1-11(2)14(15(21)22)19-13(20)9-6-10-17-16(23)18-12-7-4-3-5-8-12/h11-12,14H,3-10H2,1-2H3,(H,19,20)(H,21,22)(H2,17,18,23)/t14-/m0/s1. The van der Waals surface area contributed by atoms with Crippen LogP contribution in [0.15, 0.2) is 0 Å². The van der Waals surface area contributed by atoms with E-state index in [2.05, 4.69) is 16.0 Å². The maximum Gasteiger partial charge on any atom is 0.326 e. The Hall–Kier alpha value is -1.79. The average Bonchev–Trinajstić information content (AvgIpc) is 2.49. The van der Waals surface area contributed by atoms with Crippen molar-refractivity contribution in [3.05, 3.63) is 0 Å². The quantitative estimate of drug-likeness (QED) is 0.508. The fraction of sp³-hybridized carbons (Fsp3) is 0.812. The van der Waals surface area contributed by atoms with Crippen molar-refractivity contribution in [2.24, 2.45) is 5.92 Å². The summed E-state index contributed by atoms with van der Waals surface area (Å²) in [7, 11) is 0. The van der Waals surface area contributed by atoms with Crippen LogP contribution >= 0.6 is 0 Å². The molecule has 132 valence electrons. The first-order valence-electron chi connectivity index (χ1n) is 8.46. The third kappa shape index (κ3) is 7.85. The van der Waals surface area contributed by atoms with Gasteiger partial charge in [0.05, 0.1) is 0 Å². The Morgan fingerprint density at radius 2 is 1.78 bits per heavy atom. The molecule has 0 saturated heterocycles. The molecule has 4 N–H and O–H groups in total. The van der Waals surface area contributed by atoms with Crippen molar-refractivity contribution >= 4 is 17.9 Å². The summed E-state index contributed by atoms with van der Waals surface area (Å²) in [6.45, 7) is 3.89. The number of hydrogen-bond acceptors (Lipinski definition) is 3. The van der Waals surface area contributed by atoms with Crippen molar-refractivity contribution in [3.8, 4) is 0 Å². The first-order valence-corrected chi connectivity index (χ1v) is 8.46. The normalized spacial score (nSPS) is 16.7. The zero-order valence-electron chi connectivity index (χ0n) is 14.1. The fourth-order valence-corrected chi connectivity index (χ4v) is 2.69. The molecule has 3 amide bonds. The highest BCUT2D eigenvalue weighted by Gasteiger charge is 2.23. The Morgan fingerprint density at radius 3 is 2.35 bits per heavy atom. The van der Waals surface area contributed by atoms with Gasteiger partial charge in [-0.05, 0) is 25.2 Å². The van der Waals surface area contributed by atoms with Gasteiger partial charge in [0.2, 0.25) is 5.91 Å². The Bertz CT molecular complexity index is 406. The molecule has 0 bridgehead atoms. The van der Waals surface area contributed by atoms with Gasteiger partial charge in [0.1, 0.15) is 6.04 Å². The number of urea groups is 1. The number of rotatable bonds is 8. The first kappa shape index (κ1) is 19.3. The second kappa shape index (κ2) is 10.1. The van der Waals surface area contributed by atoms with Gasteiger partial charge >= 0.3 is 12.0 Å². The van der Waals surface area contributed by atoms with Crippen LogP contribution in [0, 0.1) is 5.92 Å². The number of carboxylic acids is 1. The predicted octanol–water partition coefficient (Wildman–Crippen LogP) is 1.62. The van der Waals surface area contributed by atoms with Gasteiger partial charge in [-0.1, -0.05) is 33.1 Å². The first-order chi connectivity index (χ1) is 10.9. The summed E-state index contributed by atoms with van der Waals surface area (Å²) in [6.07, 6.45) is 6.29. The van der Waals surface area contributed by atoms with E-state index in [0.717, 1.165) is 25.7 Å². The fourth-order valence-electron chi connectivity index (χ4n) is 2.69. The van der Waals surface area contributed by atoms with Crippen LogP contribution in [0.3, 0.4) is 0 Å². The second-order valence-electron chi connectivity index (χ2n) is 6.47. The van der Waals surface area contributed by atoms with E-state index in [9.17, 15) is 14.4 Å². The SMILES string of the molecule is CC(C)[C@H](NC(=O)CCCNC(=O)NC1CCCCC1)C(=O)O. The van der Waals surface area contributed by atoms with Crippen LogP contribution in [0.5, 0.6) is 0 Å². The molecule has 7 heteroatoms. The lowest BCUT2D eigenvalue weighted by molar-refractivity contribution is -0.143. The average molecular weight is 327 g/mol. The van der Waals surface area contributed by atoms with E-state index < -0.39 is 12.0 Å². The Kier molecular flexibility index (Phi) is 8.43. The third-order valence-corrected chi connectivity index (χ3v) is 4.06. The summed E-state index contributed by atoms with van der Waals surface area (Å²) in [6, 6.07) is -0.803. The van der Waals surface area contributed by atoms with Crippen LogP contribution in [0.4, 0.5) is 4.79 Å². The molecule has 0 aromatic rings. The molecule has 0 aromatic carbocycles. The number of carbonyl (C=O) groups is 3. The van der Waals surface area contributed by atoms with Crippen molar-refractivity contribution in [2.45, 2.75) is 70.9 Å². The lowest BCUT2D eigenvalue weighted by Gasteiger charge is -2.22. The van der Waals surface area contributed by atoms with Gasteiger partial charge in [0.25, 0.3) is 0 Å². The van der Waals surface area contributed by atoms with E-state index in [0.29, 0.717) is 13.0 Å². The van der Waals surface area contributed by atoms with Gasteiger partial charge < -0.3 is 21.1 Å². The monoisotopic (exact) mass is 327 g/mol. The molecule has 1 rings (SSSR count). The zero-order chi connectivity index (χ0) is 17.2. The molecule has 0 aromatic heterocycles. The van der Waals surface area contributed by atoms with Crippen molar-refractivity contribution in [1.29, 1.82) is 0 Å². The van der Waals surface area contributed by atoms with Crippen LogP contribution in [-0.4, -0.2) is 41.6 Å². The van der Waals surface area contributed by atoms with Crippen LogP contribution in [-0.2, 0) is 9.59 Å². The topological polar surface area (TPSA) is 108 Å². The molecule has 0 radical (unpaired) electrons. The summed E-state index contributed by atoms with van der Waals surface area (Å²) in [5, 5.41) is 17.2. The van der Waals surface area contributed by atoms with E-state index in [1.54, 1.807) is 13.8 Å². The van der Waals surface area contributed by atoms with Gasteiger partial charge in [-0.2, -0.15) is 0 Å². The van der Waals surface area contributed by atoms with E-state index >= 15 is 0 Å². The molecule has 7 nitrogen and oxygen atoms in total. The lowest BCUT2D eigenvalue weighted by Crippen LogP contribution is -2.45. The number of carboxylic acid groups (broad SMARTS) is 1. The highest BCUT2D eigenvalue weighted by Crippen LogP contribution is 2.17. The van der Waals surface area contributed by atoms with Gasteiger partial charge in [0, 0.05) is 19.0 Å². The van der Waals surface area contributed by atoms with Crippen LogP contribution in [0.1, 0.15) is 58.8 Å². The van der Waals surface area contributed by atoms with Crippen molar-refractivity contribution < 1.29 is 19.5 Å². The molecule has 1 fully saturated rings. The largest absolute Gasteiger partial charge is 0.480 e. The molecule has 23 heavy (non-hydrogen) atoms. The zero-order valence-corrected chi connectivity index (χ0v) is 14.1. The van der Waals surface area contributed by atoms with Crippen LogP contribution in [0.2, 0.25) is 0 Å².